The van der Waals surface area contributed by atoms with Gasteiger partial charge in [-0.05, 0) is 47.1 Å². The number of nitrogens with two attached hydrogens (primary N) is 1. The van der Waals surface area contributed by atoms with Crippen molar-refractivity contribution >= 4 is 27.5 Å². The van der Waals surface area contributed by atoms with Crippen molar-refractivity contribution in [3.63, 3.8) is 0 Å². The van der Waals surface area contributed by atoms with Gasteiger partial charge >= 0.3 is 0 Å². The van der Waals surface area contributed by atoms with Crippen LogP contribution in [0.15, 0.2) is 22.7 Å². The van der Waals surface area contributed by atoms with Crippen LogP contribution in [-0.2, 0) is 6.54 Å². The predicted octanol–water partition coefficient (Wildman–Crippen LogP) is 2.54. The fraction of sp³-hybridized carbons (Fsp3) is 0.400. The van der Waals surface area contributed by atoms with Crippen LogP contribution in [0.1, 0.15) is 12.0 Å². The van der Waals surface area contributed by atoms with E-state index in [4.69, 9.17) is 17.3 Å². The summed E-state index contributed by atoms with van der Waals surface area (Å²) < 4.78 is 0.942. The quantitative estimate of drug-likeness (QED) is 0.812. The van der Waals surface area contributed by atoms with Crippen LogP contribution in [0.3, 0.4) is 0 Å². The first-order valence-corrected chi connectivity index (χ1v) is 5.76. The van der Waals surface area contributed by atoms with Gasteiger partial charge in [0.15, 0.2) is 0 Å². The second-order valence-corrected chi connectivity index (χ2v) is 4.26. The van der Waals surface area contributed by atoms with Crippen LogP contribution in [0.4, 0.5) is 0 Å². The Labute approximate surface area is 98.0 Å². The molecule has 0 fully saturated rings. The number of nitrogens with one attached hydrogen (secondary N) is 1. The summed E-state index contributed by atoms with van der Waals surface area (Å²) in [5, 5.41) is 4.07. The molecule has 0 saturated carbocycles. The monoisotopic (exact) mass is 276 g/mol. The number of benzene rings is 1. The highest BCUT2D eigenvalue weighted by Crippen LogP contribution is 2.25. The van der Waals surface area contributed by atoms with E-state index in [0.29, 0.717) is 0 Å². The van der Waals surface area contributed by atoms with E-state index in [2.05, 4.69) is 21.2 Å². The first-order valence-electron chi connectivity index (χ1n) is 4.59. The molecule has 3 N–H and O–H groups in total. The molecule has 1 aromatic carbocycles. The van der Waals surface area contributed by atoms with Crippen molar-refractivity contribution in [1.82, 2.24) is 5.32 Å². The Hall–Kier alpha value is -0.0900. The van der Waals surface area contributed by atoms with E-state index in [1.54, 1.807) is 0 Å². The van der Waals surface area contributed by atoms with Gasteiger partial charge in [0.05, 0.1) is 5.02 Å². The normalized spacial score (nSPS) is 10.5. The largest absolute Gasteiger partial charge is 0.330 e. The summed E-state index contributed by atoms with van der Waals surface area (Å²) in [5.74, 6) is 0. The Kier molecular flexibility index (Phi) is 5.48. The Morgan fingerprint density at radius 2 is 2.21 bits per heavy atom. The van der Waals surface area contributed by atoms with E-state index in [1.807, 2.05) is 18.2 Å². The summed E-state index contributed by atoms with van der Waals surface area (Å²) in [6.07, 6.45) is 0.992. The first kappa shape index (κ1) is 12.0. The SMILES string of the molecule is NCCCNCc1cccc(Br)c1Cl. The summed E-state index contributed by atoms with van der Waals surface area (Å²) in [5.41, 5.74) is 6.50. The fourth-order valence-corrected chi connectivity index (χ4v) is 1.74. The summed E-state index contributed by atoms with van der Waals surface area (Å²) in [6, 6.07) is 5.93. The summed E-state index contributed by atoms with van der Waals surface area (Å²) in [4.78, 5) is 0. The lowest BCUT2D eigenvalue weighted by molar-refractivity contribution is 0.655. The molecule has 0 atom stereocenters. The van der Waals surface area contributed by atoms with Crippen LogP contribution in [0.25, 0.3) is 0 Å². The van der Waals surface area contributed by atoms with Crippen LogP contribution in [0.5, 0.6) is 0 Å². The number of hydrogen-bond donors (Lipinski definition) is 2. The third kappa shape index (κ3) is 3.58. The zero-order valence-corrected chi connectivity index (χ0v) is 10.2. The maximum absolute atomic E-state index is 6.09. The Morgan fingerprint density at radius 1 is 1.43 bits per heavy atom. The van der Waals surface area contributed by atoms with Gasteiger partial charge in [-0.3, -0.25) is 0 Å². The molecule has 0 aromatic heterocycles. The van der Waals surface area contributed by atoms with Crippen molar-refractivity contribution in [2.75, 3.05) is 13.1 Å². The molecule has 0 heterocycles. The van der Waals surface area contributed by atoms with Gasteiger partial charge in [0.25, 0.3) is 0 Å². The molecule has 1 aromatic rings. The third-order valence-corrected chi connectivity index (χ3v) is 3.24. The average molecular weight is 278 g/mol. The average Bonchev–Trinajstić information content (AvgIpc) is 2.19. The summed E-state index contributed by atoms with van der Waals surface area (Å²) in [7, 11) is 0. The fourth-order valence-electron chi connectivity index (χ4n) is 1.14. The van der Waals surface area contributed by atoms with Crippen molar-refractivity contribution in [1.29, 1.82) is 0 Å². The second kappa shape index (κ2) is 6.40. The zero-order valence-electron chi connectivity index (χ0n) is 7.89. The van der Waals surface area contributed by atoms with Gasteiger partial charge in [-0.15, -0.1) is 0 Å². The number of hydrogen-bond acceptors (Lipinski definition) is 2. The van der Waals surface area contributed by atoms with E-state index in [9.17, 15) is 0 Å². The minimum Gasteiger partial charge on any atom is -0.330 e. The molecule has 4 heteroatoms. The van der Waals surface area contributed by atoms with Gasteiger partial charge in [-0.2, -0.15) is 0 Å². The molecule has 0 aliphatic carbocycles. The predicted molar refractivity (Wildman–Crippen MR) is 64.5 cm³/mol. The van der Waals surface area contributed by atoms with Crippen molar-refractivity contribution < 1.29 is 0 Å². The van der Waals surface area contributed by atoms with E-state index >= 15 is 0 Å². The molecule has 0 saturated heterocycles. The van der Waals surface area contributed by atoms with Gasteiger partial charge in [-0.1, -0.05) is 23.7 Å². The highest BCUT2D eigenvalue weighted by atomic mass is 79.9. The van der Waals surface area contributed by atoms with Gasteiger partial charge < -0.3 is 11.1 Å². The van der Waals surface area contributed by atoms with Gasteiger partial charge in [0.1, 0.15) is 0 Å². The van der Waals surface area contributed by atoms with Crippen molar-refractivity contribution in [3.05, 3.63) is 33.3 Å². The molecule has 0 spiro atoms. The molecule has 2 nitrogen and oxygen atoms in total. The van der Waals surface area contributed by atoms with E-state index in [0.717, 1.165) is 41.1 Å². The van der Waals surface area contributed by atoms with Gasteiger partial charge in [0.2, 0.25) is 0 Å². The van der Waals surface area contributed by atoms with Crippen LogP contribution in [0.2, 0.25) is 5.02 Å². The first-order chi connectivity index (χ1) is 6.75. The molecule has 14 heavy (non-hydrogen) atoms. The topological polar surface area (TPSA) is 38.0 Å². The molecular weight excluding hydrogens is 263 g/mol. The molecule has 0 radical (unpaired) electrons. The van der Waals surface area contributed by atoms with Crippen molar-refractivity contribution in [2.24, 2.45) is 5.73 Å². The minimum absolute atomic E-state index is 0.721. The van der Waals surface area contributed by atoms with E-state index in [-0.39, 0.29) is 0 Å². The number of rotatable bonds is 5. The highest BCUT2D eigenvalue weighted by Gasteiger charge is 2.02. The van der Waals surface area contributed by atoms with Gasteiger partial charge in [0, 0.05) is 11.0 Å². The second-order valence-electron chi connectivity index (χ2n) is 3.03. The van der Waals surface area contributed by atoms with Gasteiger partial charge in [-0.25, -0.2) is 0 Å². The third-order valence-electron chi connectivity index (χ3n) is 1.90. The van der Waals surface area contributed by atoms with Crippen LogP contribution in [-0.4, -0.2) is 13.1 Å². The minimum atomic E-state index is 0.721. The molecule has 78 valence electrons. The van der Waals surface area contributed by atoms with Crippen LogP contribution in [0, 0.1) is 0 Å². The number of halogens is 2. The Balaban J connectivity index is 2.46. The Morgan fingerprint density at radius 3 is 2.93 bits per heavy atom. The summed E-state index contributed by atoms with van der Waals surface area (Å²) >= 11 is 9.48. The smallest absolute Gasteiger partial charge is 0.0592 e. The zero-order chi connectivity index (χ0) is 10.4. The lowest BCUT2D eigenvalue weighted by atomic mass is 10.2. The maximum Gasteiger partial charge on any atom is 0.0592 e. The lowest BCUT2D eigenvalue weighted by Crippen LogP contribution is -2.17. The van der Waals surface area contributed by atoms with Crippen LogP contribution < -0.4 is 11.1 Å². The molecule has 0 amide bonds. The summed E-state index contributed by atoms with van der Waals surface area (Å²) in [6.45, 7) is 2.44. The maximum atomic E-state index is 6.09. The lowest BCUT2D eigenvalue weighted by Gasteiger charge is -2.07. The van der Waals surface area contributed by atoms with Crippen LogP contribution >= 0.6 is 27.5 Å². The molecule has 0 unspecified atom stereocenters. The van der Waals surface area contributed by atoms with Crippen molar-refractivity contribution in [3.8, 4) is 0 Å². The highest BCUT2D eigenvalue weighted by molar-refractivity contribution is 9.10. The molecule has 0 bridgehead atoms. The Bertz CT molecular complexity index is 291. The molecule has 0 aliphatic heterocycles. The van der Waals surface area contributed by atoms with E-state index in [1.165, 1.54) is 0 Å². The van der Waals surface area contributed by atoms with E-state index < -0.39 is 0 Å². The molecule has 0 aliphatic rings. The molecular formula is C10H14BrClN2. The van der Waals surface area contributed by atoms with Crippen molar-refractivity contribution in [2.45, 2.75) is 13.0 Å². The molecule has 1 rings (SSSR count). The standard InChI is InChI=1S/C10H14BrClN2/c11-9-4-1-3-8(10(9)12)7-14-6-2-5-13/h1,3-4,14H,2,5-7,13H2.